The van der Waals surface area contributed by atoms with Gasteiger partial charge in [-0.1, -0.05) is 0 Å². The average molecular weight is 313 g/mol. The number of nitrogens with zero attached hydrogens (tertiary/aromatic N) is 4. The van der Waals surface area contributed by atoms with Crippen molar-refractivity contribution in [3.8, 4) is 0 Å². The first-order chi connectivity index (χ1) is 10.5. The molecule has 1 aliphatic heterocycles. The van der Waals surface area contributed by atoms with Gasteiger partial charge >= 0.3 is 0 Å². The van der Waals surface area contributed by atoms with Crippen molar-refractivity contribution >= 4 is 5.91 Å². The van der Waals surface area contributed by atoms with Crippen molar-refractivity contribution in [3.05, 3.63) is 0 Å². The molecule has 0 bridgehead atoms. The van der Waals surface area contributed by atoms with Gasteiger partial charge in [0.15, 0.2) is 0 Å². The van der Waals surface area contributed by atoms with Gasteiger partial charge in [0.05, 0.1) is 0 Å². The van der Waals surface area contributed by atoms with Crippen molar-refractivity contribution < 1.29 is 4.79 Å². The second-order valence-electron chi connectivity index (χ2n) is 6.67. The Labute approximate surface area is 136 Å². The summed E-state index contributed by atoms with van der Waals surface area (Å²) in [7, 11) is 6.60. The summed E-state index contributed by atoms with van der Waals surface area (Å²) >= 11 is 0. The van der Waals surface area contributed by atoms with Crippen LogP contribution in [0.5, 0.6) is 0 Å². The fourth-order valence-electron chi connectivity index (χ4n) is 2.77. The van der Waals surface area contributed by atoms with Crippen LogP contribution < -0.4 is 5.73 Å². The van der Waals surface area contributed by atoms with E-state index >= 15 is 0 Å². The Morgan fingerprint density at radius 2 is 1.23 bits per heavy atom. The van der Waals surface area contributed by atoms with E-state index in [0.29, 0.717) is 6.42 Å². The summed E-state index contributed by atoms with van der Waals surface area (Å²) in [6, 6.07) is 0. The van der Waals surface area contributed by atoms with Crippen molar-refractivity contribution in [2.24, 2.45) is 5.73 Å². The Balaban J connectivity index is 2.48. The molecule has 1 heterocycles. The molecule has 1 fully saturated rings. The molecule has 6 heteroatoms. The van der Waals surface area contributed by atoms with Crippen LogP contribution in [0.4, 0.5) is 0 Å². The normalized spacial score (nSPS) is 23.2. The largest absolute Gasteiger partial charge is 0.370 e. The van der Waals surface area contributed by atoms with Crippen molar-refractivity contribution in [2.45, 2.75) is 19.3 Å². The molecule has 1 aliphatic rings. The highest BCUT2D eigenvalue weighted by atomic mass is 16.1. The van der Waals surface area contributed by atoms with Crippen LogP contribution >= 0.6 is 0 Å². The molecule has 0 aromatic carbocycles. The Kier molecular flexibility index (Phi) is 9.63. The molecule has 1 rings (SSSR count). The number of rotatable bonds is 3. The van der Waals surface area contributed by atoms with E-state index in [1.54, 1.807) is 0 Å². The van der Waals surface area contributed by atoms with Crippen molar-refractivity contribution in [1.82, 2.24) is 19.6 Å². The van der Waals surface area contributed by atoms with E-state index in [-0.39, 0.29) is 5.91 Å². The van der Waals surface area contributed by atoms with Crippen molar-refractivity contribution in [2.75, 3.05) is 80.0 Å². The van der Waals surface area contributed by atoms with Gasteiger partial charge in [0.1, 0.15) is 0 Å². The zero-order valence-electron chi connectivity index (χ0n) is 14.8. The van der Waals surface area contributed by atoms with Gasteiger partial charge < -0.3 is 25.3 Å². The van der Waals surface area contributed by atoms with E-state index < -0.39 is 0 Å². The number of carbonyl (C=O) groups excluding carboxylic acids is 1. The lowest BCUT2D eigenvalue weighted by Crippen LogP contribution is -2.39. The number of hydrogen-bond donors (Lipinski definition) is 1. The summed E-state index contributed by atoms with van der Waals surface area (Å²) in [5.41, 5.74) is 5.29. The first kappa shape index (κ1) is 19.4. The molecule has 0 saturated carbocycles. The molecule has 0 radical (unpaired) electrons. The summed E-state index contributed by atoms with van der Waals surface area (Å²) in [6.07, 6.45) is 2.81. The average Bonchev–Trinajstić information content (AvgIpc) is 2.46. The highest BCUT2D eigenvalue weighted by molar-refractivity contribution is 5.73. The minimum Gasteiger partial charge on any atom is -0.370 e. The molecule has 22 heavy (non-hydrogen) atoms. The summed E-state index contributed by atoms with van der Waals surface area (Å²) in [4.78, 5) is 20.6. The van der Waals surface area contributed by atoms with Gasteiger partial charge in [0.25, 0.3) is 0 Å². The molecule has 0 atom stereocenters. The van der Waals surface area contributed by atoms with E-state index in [4.69, 9.17) is 5.73 Å². The highest BCUT2D eigenvalue weighted by Gasteiger charge is 2.10. The first-order valence-electron chi connectivity index (χ1n) is 8.53. The molecule has 1 saturated heterocycles. The third-order valence-electron chi connectivity index (χ3n) is 4.43. The van der Waals surface area contributed by atoms with E-state index in [9.17, 15) is 4.79 Å². The van der Waals surface area contributed by atoms with Gasteiger partial charge in [0.2, 0.25) is 5.91 Å². The maximum Gasteiger partial charge on any atom is 0.218 e. The standard InChI is InChI=1S/C16H35N5O/c1-18-7-4-8-20(3)14-15-21(11-6-16(17)22)10-5-9-19(2)13-12-18/h4-15H2,1-3H3,(H2,17,22). The van der Waals surface area contributed by atoms with E-state index in [1.165, 1.54) is 6.42 Å². The summed E-state index contributed by atoms with van der Waals surface area (Å²) in [5, 5.41) is 0. The van der Waals surface area contributed by atoms with Gasteiger partial charge in [-0.15, -0.1) is 0 Å². The van der Waals surface area contributed by atoms with Gasteiger partial charge in [0, 0.05) is 39.1 Å². The molecule has 6 nitrogen and oxygen atoms in total. The molecule has 2 N–H and O–H groups in total. The Bertz CT molecular complexity index is 313. The van der Waals surface area contributed by atoms with E-state index in [2.05, 4.69) is 40.7 Å². The number of amides is 1. The van der Waals surface area contributed by atoms with Crippen molar-refractivity contribution in [1.29, 1.82) is 0 Å². The van der Waals surface area contributed by atoms with Crippen LogP contribution in [0.25, 0.3) is 0 Å². The Morgan fingerprint density at radius 1 is 0.773 bits per heavy atom. The molecule has 1 amide bonds. The Hall–Kier alpha value is -0.690. The van der Waals surface area contributed by atoms with Gasteiger partial charge in [-0.2, -0.15) is 0 Å². The fraction of sp³-hybridized carbons (Fsp3) is 0.938. The van der Waals surface area contributed by atoms with Gasteiger partial charge in [-0.05, 0) is 60.2 Å². The minimum absolute atomic E-state index is 0.201. The summed E-state index contributed by atoms with van der Waals surface area (Å²) in [5.74, 6) is -0.201. The number of likely N-dealkylation sites (N-methyl/N-ethyl adjacent to an activating group) is 3. The Morgan fingerprint density at radius 3 is 1.73 bits per heavy atom. The quantitative estimate of drug-likeness (QED) is 0.779. The topological polar surface area (TPSA) is 56.1 Å². The zero-order chi connectivity index (χ0) is 16.4. The number of nitrogens with two attached hydrogens (primary N) is 1. The third kappa shape index (κ3) is 9.35. The zero-order valence-corrected chi connectivity index (χ0v) is 14.8. The maximum atomic E-state index is 11.0. The predicted octanol–water partition coefficient (Wildman–Crippen LogP) is -0.247. The van der Waals surface area contributed by atoms with Crippen molar-refractivity contribution in [3.63, 3.8) is 0 Å². The van der Waals surface area contributed by atoms with E-state index in [0.717, 1.165) is 65.3 Å². The third-order valence-corrected chi connectivity index (χ3v) is 4.43. The fourth-order valence-corrected chi connectivity index (χ4v) is 2.77. The second kappa shape index (κ2) is 10.9. The van der Waals surface area contributed by atoms with Crippen LogP contribution in [-0.4, -0.2) is 106 Å². The number of primary amides is 1. The first-order valence-corrected chi connectivity index (χ1v) is 8.53. The SMILES string of the molecule is CN1CCCN(C)CCN(CCC(N)=O)CCCN(C)CC1. The molecule has 0 spiro atoms. The molecule has 0 aromatic heterocycles. The summed E-state index contributed by atoms with van der Waals surface area (Å²) in [6.45, 7) is 9.54. The van der Waals surface area contributed by atoms with E-state index in [1.807, 2.05) is 0 Å². The maximum absolute atomic E-state index is 11.0. The molecule has 0 aromatic rings. The van der Waals surface area contributed by atoms with Crippen LogP contribution in [0.2, 0.25) is 0 Å². The molecular weight excluding hydrogens is 278 g/mol. The molecular formula is C16H35N5O. The molecule has 0 aliphatic carbocycles. The summed E-state index contributed by atoms with van der Waals surface area (Å²) < 4.78 is 0. The second-order valence-corrected chi connectivity index (χ2v) is 6.67. The minimum atomic E-state index is -0.201. The lowest BCUT2D eigenvalue weighted by molar-refractivity contribution is -0.118. The lowest BCUT2D eigenvalue weighted by atomic mass is 10.3. The van der Waals surface area contributed by atoms with Gasteiger partial charge in [-0.25, -0.2) is 0 Å². The predicted molar refractivity (Wildman–Crippen MR) is 92.0 cm³/mol. The van der Waals surface area contributed by atoms with Crippen LogP contribution in [0.1, 0.15) is 19.3 Å². The lowest BCUT2D eigenvalue weighted by Gasteiger charge is -2.28. The number of hydrogen-bond acceptors (Lipinski definition) is 5. The number of carbonyl (C=O) groups is 1. The van der Waals surface area contributed by atoms with Gasteiger partial charge in [-0.3, -0.25) is 4.79 Å². The van der Waals surface area contributed by atoms with Crippen LogP contribution in [0, 0.1) is 0 Å². The highest BCUT2D eigenvalue weighted by Crippen LogP contribution is 2.00. The monoisotopic (exact) mass is 313 g/mol. The smallest absolute Gasteiger partial charge is 0.218 e. The molecule has 0 unspecified atom stereocenters. The molecule has 130 valence electrons. The van der Waals surface area contributed by atoms with Crippen LogP contribution in [0.15, 0.2) is 0 Å². The van der Waals surface area contributed by atoms with Crippen LogP contribution in [-0.2, 0) is 4.79 Å². The van der Waals surface area contributed by atoms with Crippen LogP contribution in [0.3, 0.4) is 0 Å².